The van der Waals surface area contributed by atoms with Gasteiger partial charge in [-0.25, -0.2) is 8.42 Å². The predicted molar refractivity (Wildman–Crippen MR) is 123 cm³/mol. The Balaban J connectivity index is 0.00000210. The SMILES string of the molecule is CC(C(=O)Nc1cccc(N2CCS(=O)(=O)CC2)c1)C(N)c1ccccc1.Cl.Cl. The Labute approximate surface area is 184 Å². The number of hydrogen-bond donors (Lipinski definition) is 2. The van der Waals surface area contributed by atoms with Crippen LogP contribution in [-0.4, -0.2) is 38.9 Å². The Morgan fingerprint density at radius 2 is 1.66 bits per heavy atom. The number of sulfone groups is 1. The lowest BCUT2D eigenvalue weighted by Gasteiger charge is -2.29. The first-order valence-electron chi connectivity index (χ1n) is 9.02. The van der Waals surface area contributed by atoms with Gasteiger partial charge in [-0.15, -0.1) is 24.8 Å². The van der Waals surface area contributed by atoms with Crippen LogP contribution < -0.4 is 16.0 Å². The number of benzene rings is 2. The molecule has 0 aromatic heterocycles. The number of nitrogens with zero attached hydrogens (tertiary/aromatic N) is 1. The van der Waals surface area contributed by atoms with E-state index in [1.807, 2.05) is 66.4 Å². The Morgan fingerprint density at radius 1 is 1.03 bits per heavy atom. The monoisotopic (exact) mass is 459 g/mol. The van der Waals surface area contributed by atoms with Gasteiger partial charge in [0.25, 0.3) is 0 Å². The maximum absolute atomic E-state index is 12.6. The van der Waals surface area contributed by atoms with E-state index < -0.39 is 15.8 Å². The summed E-state index contributed by atoms with van der Waals surface area (Å²) < 4.78 is 23.2. The fourth-order valence-corrected chi connectivity index (χ4v) is 4.34. The van der Waals surface area contributed by atoms with Gasteiger partial charge in [0.05, 0.1) is 17.4 Å². The lowest BCUT2D eigenvalue weighted by molar-refractivity contribution is -0.120. The highest BCUT2D eigenvalue weighted by molar-refractivity contribution is 7.91. The molecule has 2 aromatic carbocycles. The third kappa shape index (κ3) is 6.60. The first-order valence-corrected chi connectivity index (χ1v) is 10.8. The topological polar surface area (TPSA) is 92.5 Å². The van der Waals surface area contributed by atoms with Crippen LogP contribution in [0.25, 0.3) is 0 Å². The Kier molecular flexibility index (Phi) is 9.42. The van der Waals surface area contributed by atoms with Crippen molar-refractivity contribution in [2.75, 3.05) is 34.8 Å². The lowest BCUT2D eigenvalue weighted by Crippen LogP contribution is -2.40. The third-order valence-corrected chi connectivity index (χ3v) is 6.57. The van der Waals surface area contributed by atoms with Crippen molar-refractivity contribution in [3.05, 3.63) is 60.2 Å². The molecule has 2 aromatic rings. The Hall–Kier alpha value is -1.80. The maximum atomic E-state index is 12.6. The first kappa shape index (κ1) is 25.2. The molecule has 0 aliphatic carbocycles. The van der Waals surface area contributed by atoms with Crippen molar-refractivity contribution >= 4 is 51.9 Å². The summed E-state index contributed by atoms with van der Waals surface area (Å²) in [7, 11) is -2.93. The molecule has 9 heteroatoms. The highest BCUT2D eigenvalue weighted by Gasteiger charge is 2.24. The fraction of sp³-hybridized carbons (Fsp3) is 0.350. The van der Waals surface area contributed by atoms with E-state index in [-0.39, 0.29) is 48.3 Å². The van der Waals surface area contributed by atoms with Crippen LogP contribution in [0.1, 0.15) is 18.5 Å². The maximum Gasteiger partial charge on any atom is 0.229 e. The molecule has 1 aliphatic heterocycles. The standard InChI is InChI=1S/C20H25N3O3S.2ClH/c1-15(19(21)16-6-3-2-4-7-16)20(24)22-17-8-5-9-18(14-17)23-10-12-27(25,26)13-11-23;;/h2-9,14-15,19H,10-13,21H2,1H3,(H,22,24);2*1H. The normalized spacial score (nSPS) is 17.2. The van der Waals surface area contributed by atoms with E-state index in [4.69, 9.17) is 5.73 Å². The van der Waals surface area contributed by atoms with Crippen LogP contribution in [-0.2, 0) is 14.6 Å². The number of halogens is 2. The lowest BCUT2D eigenvalue weighted by atomic mass is 9.94. The van der Waals surface area contributed by atoms with Gasteiger partial charge in [-0.2, -0.15) is 0 Å². The number of carbonyl (C=O) groups excluding carboxylic acids is 1. The molecule has 1 fully saturated rings. The summed E-state index contributed by atoms with van der Waals surface area (Å²) in [5.74, 6) is -0.222. The molecule has 1 heterocycles. The molecule has 2 unspecified atom stereocenters. The highest BCUT2D eigenvalue weighted by atomic mass is 35.5. The van der Waals surface area contributed by atoms with Crippen molar-refractivity contribution in [2.45, 2.75) is 13.0 Å². The molecule has 160 valence electrons. The molecule has 0 spiro atoms. The number of amides is 1. The molecule has 1 aliphatic rings. The largest absolute Gasteiger partial charge is 0.369 e. The Bertz CT molecular complexity index is 896. The second kappa shape index (κ2) is 10.8. The molecule has 29 heavy (non-hydrogen) atoms. The summed E-state index contributed by atoms with van der Waals surface area (Å²) in [6, 6.07) is 16.6. The van der Waals surface area contributed by atoms with Gasteiger partial charge in [0, 0.05) is 30.5 Å². The minimum absolute atomic E-state index is 0. The van der Waals surface area contributed by atoms with Gasteiger partial charge in [-0.05, 0) is 23.8 Å². The molecule has 0 saturated carbocycles. The van der Waals surface area contributed by atoms with Crippen LogP contribution in [0.2, 0.25) is 0 Å². The Morgan fingerprint density at radius 3 is 2.28 bits per heavy atom. The average Bonchev–Trinajstić information content (AvgIpc) is 2.67. The zero-order valence-corrected chi connectivity index (χ0v) is 18.6. The number of nitrogens with two attached hydrogens (primary N) is 1. The van der Waals surface area contributed by atoms with E-state index in [9.17, 15) is 13.2 Å². The van der Waals surface area contributed by atoms with Crippen LogP contribution in [0.15, 0.2) is 54.6 Å². The number of rotatable bonds is 5. The molecule has 0 bridgehead atoms. The van der Waals surface area contributed by atoms with E-state index in [1.54, 1.807) is 0 Å². The van der Waals surface area contributed by atoms with Gasteiger partial charge in [0.1, 0.15) is 0 Å². The van der Waals surface area contributed by atoms with Crippen molar-refractivity contribution in [3.8, 4) is 0 Å². The summed E-state index contributed by atoms with van der Waals surface area (Å²) >= 11 is 0. The van der Waals surface area contributed by atoms with E-state index in [0.717, 1.165) is 11.3 Å². The predicted octanol–water partition coefficient (Wildman–Crippen LogP) is 3.04. The molecule has 1 saturated heterocycles. The quantitative estimate of drug-likeness (QED) is 0.716. The minimum atomic E-state index is -2.93. The van der Waals surface area contributed by atoms with Gasteiger partial charge in [0.2, 0.25) is 5.91 Å². The van der Waals surface area contributed by atoms with Gasteiger partial charge in [0.15, 0.2) is 9.84 Å². The molecule has 2 atom stereocenters. The van der Waals surface area contributed by atoms with E-state index >= 15 is 0 Å². The van der Waals surface area contributed by atoms with Crippen LogP contribution >= 0.6 is 24.8 Å². The molecule has 6 nitrogen and oxygen atoms in total. The van der Waals surface area contributed by atoms with Crippen LogP contribution in [0.3, 0.4) is 0 Å². The third-order valence-electron chi connectivity index (χ3n) is 4.96. The van der Waals surface area contributed by atoms with E-state index in [0.29, 0.717) is 18.8 Å². The van der Waals surface area contributed by atoms with Gasteiger partial charge in [-0.1, -0.05) is 43.3 Å². The summed E-state index contributed by atoms with van der Waals surface area (Å²) in [4.78, 5) is 14.6. The average molecular weight is 460 g/mol. The second-order valence-corrected chi connectivity index (χ2v) is 9.21. The van der Waals surface area contributed by atoms with Crippen molar-refractivity contribution < 1.29 is 13.2 Å². The molecule has 1 amide bonds. The second-order valence-electron chi connectivity index (χ2n) is 6.90. The van der Waals surface area contributed by atoms with Crippen molar-refractivity contribution in [1.82, 2.24) is 0 Å². The number of carbonyl (C=O) groups is 1. The highest BCUT2D eigenvalue weighted by Crippen LogP contribution is 2.24. The summed E-state index contributed by atoms with van der Waals surface area (Å²) in [6.45, 7) is 2.75. The van der Waals surface area contributed by atoms with Gasteiger partial charge >= 0.3 is 0 Å². The minimum Gasteiger partial charge on any atom is -0.369 e. The number of anilines is 2. The van der Waals surface area contributed by atoms with Crippen molar-refractivity contribution in [2.24, 2.45) is 11.7 Å². The molecular formula is C20H27Cl2N3O3S. The molecule has 3 N–H and O–H groups in total. The molecule has 3 rings (SSSR count). The van der Waals surface area contributed by atoms with Gasteiger partial charge < -0.3 is 16.0 Å². The van der Waals surface area contributed by atoms with Crippen LogP contribution in [0.4, 0.5) is 11.4 Å². The van der Waals surface area contributed by atoms with E-state index in [2.05, 4.69) is 5.32 Å². The van der Waals surface area contributed by atoms with Crippen molar-refractivity contribution in [1.29, 1.82) is 0 Å². The van der Waals surface area contributed by atoms with Crippen LogP contribution in [0, 0.1) is 5.92 Å². The fourth-order valence-electron chi connectivity index (χ4n) is 3.13. The zero-order valence-electron chi connectivity index (χ0n) is 16.2. The molecule has 0 radical (unpaired) electrons. The van der Waals surface area contributed by atoms with E-state index in [1.165, 1.54) is 0 Å². The first-order chi connectivity index (χ1) is 12.9. The number of nitrogens with one attached hydrogen (secondary N) is 1. The summed E-state index contributed by atoms with van der Waals surface area (Å²) in [5.41, 5.74) is 8.74. The van der Waals surface area contributed by atoms with Gasteiger partial charge in [-0.3, -0.25) is 4.79 Å². The summed E-state index contributed by atoms with van der Waals surface area (Å²) in [6.07, 6.45) is 0. The zero-order chi connectivity index (χ0) is 19.4. The van der Waals surface area contributed by atoms with Crippen molar-refractivity contribution in [3.63, 3.8) is 0 Å². The summed E-state index contributed by atoms with van der Waals surface area (Å²) in [5, 5.41) is 2.92. The van der Waals surface area contributed by atoms with Crippen LogP contribution in [0.5, 0.6) is 0 Å². The molecular weight excluding hydrogens is 433 g/mol. The smallest absolute Gasteiger partial charge is 0.229 e. The number of hydrogen-bond acceptors (Lipinski definition) is 5.